The summed E-state index contributed by atoms with van der Waals surface area (Å²) in [4.78, 5) is 0. The van der Waals surface area contributed by atoms with E-state index in [2.05, 4.69) is 72.8 Å². The summed E-state index contributed by atoms with van der Waals surface area (Å²) in [5.74, 6) is 0. The average molecular weight is 247 g/mol. The zero-order valence-electron chi connectivity index (χ0n) is 10.9. The molecule has 1 nitrogen and oxygen atoms in total. The highest BCUT2D eigenvalue weighted by Crippen LogP contribution is 2.28. The molecular formula is C18H17N. The smallest absolute Gasteiger partial charge is 0.0534 e. The lowest BCUT2D eigenvalue weighted by molar-refractivity contribution is 1.30. The Balaban J connectivity index is 0.000000297. The fraction of sp³-hybridized carbons (Fsp3) is 0. The molecule has 0 saturated heterocycles. The monoisotopic (exact) mass is 247 g/mol. The van der Waals surface area contributed by atoms with Crippen LogP contribution in [0.15, 0.2) is 80.4 Å². The maximum Gasteiger partial charge on any atom is 0.0534 e. The van der Waals surface area contributed by atoms with E-state index in [0.717, 1.165) is 0 Å². The van der Waals surface area contributed by atoms with Gasteiger partial charge in [-0.3, -0.25) is 0 Å². The molecule has 0 bridgehead atoms. The lowest BCUT2D eigenvalue weighted by Crippen LogP contribution is -1.82. The van der Waals surface area contributed by atoms with E-state index in [1.165, 1.54) is 21.8 Å². The Morgan fingerprint density at radius 2 is 1.11 bits per heavy atom. The van der Waals surface area contributed by atoms with Crippen LogP contribution < -0.4 is 0 Å². The van der Waals surface area contributed by atoms with Gasteiger partial charge >= 0.3 is 0 Å². The van der Waals surface area contributed by atoms with Crippen molar-refractivity contribution in [2.24, 2.45) is 0 Å². The Kier molecular flexibility index (Phi) is 3.99. The molecule has 0 aliphatic carbocycles. The van der Waals surface area contributed by atoms with Crippen molar-refractivity contribution in [1.29, 1.82) is 0 Å². The van der Waals surface area contributed by atoms with E-state index in [0.29, 0.717) is 0 Å². The van der Waals surface area contributed by atoms with Gasteiger partial charge in [0.15, 0.2) is 0 Å². The first-order chi connectivity index (χ1) is 9.33. The zero-order valence-corrected chi connectivity index (χ0v) is 10.9. The van der Waals surface area contributed by atoms with E-state index in [4.69, 9.17) is 0 Å². The Morgan fingerprint density at radius 3 is 1.47 bits per heavy atom. The minimum absolute atomic E-state index is 1.22. The Hall–Kier alpha value is -2.54. The number of hydrogen-bond acceptors (Lipinski definition) is 0. The van der Waals surface area contributed by atoms with Crippen LogP contribution in [0.5, 0.6) is 0 Å². The van der Waals surface area contributed by atoms with Gasteiger partial charge < -0.3 is 4.57 Å². The van der Waals surface area contributed by atoms with Gasteiger partial charge in [0, 0.05) is 17.0 Å². The number of rotatable bonds is 2. The average Bonchev–Trinajstić information content (AvgIpc) is 2.81. The minimum atomic E-state index is 1.22. The largest absolute Gasteiger partial charge is 0.317 e. The first-order valence-corrected chi connectivity index (χ1v) is 6.17. The van der Waals surface area contributed by atoms with E-state index in [-0.39, 0.29) is 0 Å². The van der Waals surface area contributed by atoms with Crippen LogP contribution in [0, 0.1) is 0 Å². The van der Waals surface area contributed by atoms with Crippen molar-refractivity contribution in [2.45, 2.75) is 0 Å². The maximum absolute atomic E-state index is 3.87. The number of allylic oxidation sites excluding steroid dienone is 2. The summed E-state index contributed by atoms with van der Waals surface area (Å²) in [5.41, 5.74) is 2.43. The molecule has 0 amide bonds. The molecule has 1 aromatic heterocycles. The zero-order chi connectivity index (χ0) is 13.7. The van der Waals surface area contributed by atoms with Gasteiger partial charge in [-0.05, 0) is 12.1 Å². The van der Waals surface area contributed by atoms with Gasteiger partial charge in [-0.1, -0.05) is 68.3 Å². The van der Waals surface area contributed by atoms with Gasteiger partial charge in [0.1, 0.15) is 0 Å². The Labute approximate surface area is 113 Å². The van der Waals surface area contributed by atoms with Crippen molar-refractivity contribution in [2.75, 3.05) is 0 Å². The first kappa shape index (κ1) is 12.9. The second kappa shape index (κ2) is 5.87. The van der Waals surface area contributed by atoms with E-state index in [9.17, 15) is 0 Å². The summed E-state index contributed by atoms with van der Waals surface area (Å²) < 4.78 is 2.13. The summed E-state index contributed by atoms with van der Waals surface area (Å²) in [7, 11) is 0. The van der Waals surface area contributed by atoms with Crippen LogP contribution in [0.1, 0.15) is 0 Å². The highest BCUT2D eigenvalue weighted by atomic mass is 14.9. The molecule has 0 atom stereocenters. The fourth-order valence-corrected chi connectivity index (χ4v) is 2.15. The molecule has 94 valence electrons. The van der Waals surface area contributed by atoms with Gasteiger partial charge in [-0.25, -0.2) is 0 Å². The van der Waals surface area contributed by atoms with Crippen molar-refractivity contribution < 1.29 is 0 Å². The molecule has 1 heterocycles. The van der Waals surface area contributed by atoms with Crippen LogP contribution in [-0.4, -0.2) is 4.57 Å². The maximum atomic E-state index is 3.87. The topological polar surface area (TPSA) is 4.93 Å². The summed E-state index contributed by atoms with van der Waals surface area (Å²) in [6.45, 7) is 10.6. The standard InChI is InChI=1S/C14H11N.C4H6/c1-2-15-13-9-5-3-7-11(13)12-8-4-6-10-14(12)15;1-3-4-2/h2-10H,1H2;3-4H,1-2H2. The van der Waals surface area contributed by atoms with Crippen LogP contribution in [0.25, 0.3) is 28.0 Å². The van der Waals surface area contributed by atoms with Crippen molar-refractivity contribution in [3.8, 4) is 0 Å². The first-order valence-electron chi connectivity index (χ1n) is 6.17. The third-order valence-electron chi connectivity index (χ3n) is 2.97. The van der Waals surface area contributed by atoms with E-state index in [1.807, 2.05) is 6.20 Å². The molecule has 0 aliphatic heterocycles. The molecule has 0 aliphatic rings. The molecule has 1 heteroatoms. The van der Waals surface area contributed by atoms with Crippen LogP contribution >= 0.6 is 0 Å². The molecule has 0 radical (unpaired) electrons. The number of aromatic nitrogens is 1. The molecule has 19 heavy (non-hydrogen) atoms. The van der Waals surface area contributed by atoms with Gasteiger partial charge in [-0.2, -0.15) is 0 Å². The van der Waals surface area contributed by atoms with Gasteiger partial charge in [0.2, 0.25) is 0 Å². The molecular weight excluding hydrogens is 230 g/mol. The normalized spacial score (nSPS) is 9.68. The summed E-state index contributed by atoms with van der Waals surface area (Å²) in [6, 6.07) is 16.8. The number of para-hydroxylation sites is 2. The predicted octanol–water partition coefficient (Wildman–Crippen LogP) is 5.25. The second-order valence-electron chi connectivity index (χ2n) is 4.06. The summed E-state index contributed by atoms with van der Waals surface area (Å²) >= 11 is 0. The molecule has 0 saturated carbocycles. The SMILES string of the molecule is C=CC=C.C=Cn1c2ccccc2c2ccccc21. The summed E-state index contributed by atoms with van der Waals surface area (Å²) in [5, 5.41) is 2.57. The molecule has 3 aromatic rings. The molecule has 0 fully saturated rings. The lowest BCUT2D eigenvalue weighted by atomic mass is 10.2. The van der Waals surface area contributed by atoms with Gasteiger partial charge in [0.05, 0.1) is 11.0 Å². The number of nitrogens with zero attached hydrogens (tertiary/aromatic N) is 1. The number of hydrogen-bond donors (Lipinski definition) is 0. The third kappa shape index (κ3) is 2.36. The molecule has 0 unspecified atom stereocenters. The van der Waals surface area contributed by atoms with Crippen LogP contribution in [-0.2, 0) is 0 Å². The number of fused-ring (bicyclic) bond motifs is 3. The van der Waals surface area contributed by atoms with Gasteiger partial charge in [0.25, 0.3) is 0 Å². The van der Waals surface area contributed by atoms with Crippen molar-refractivity contribution in [3.63, 3.8) is 0 Å². The van der Waals surface area contributed by atoms with Crippen LogP contribution in [0.3, 0.4) is 0 Å². The fourth-order valence-electron chi connectivity index (χ4n) is 2.15. The molecule has 0 spiro atoms. The molecule has 2 aromatic carbocycles. The van der Waals surface area contributed by atoms with E-state index < -0.39 is 0 Å². The molecule has 0 N–H and O–H groups in total. The van der Waals surface area contributed by atoms with E-state index in [1.54, 1.807) is 12.2 Å². The molecule has 3 rings (SSSR count). The Morgan fingerprint density at radius 1 is 0.684 bits per heavy atom. The van der Waals surface area contributed by atoms with E-state index >= 15 is 0 Å². The van der Waals surface area contributed by atoms with Gasteiger partial charge in [-0.15, -0.1) is 0 Å². The van der Waals surface area contributed by atoms with Crippen molar-refractivity contribution in [1.82, 2.24) is 4.57 Å². The highest BCUT2D eigenvalue weighted by molar-refractivity contribution is 6.09. The second-order valence-corrected chi connectivity index (χ2v) is 4.06. The number of benzene rings is 2. The Bertz CT molecular complexity index is 672. The quantitative estimate of drug-likeness (QED) is 0.545. The highest BCUT2D eigenvalue weighted by Gasteiger charge is 2.06. The predicted molar refractivity (Wildman–Crippen MR) is 86.2 cm³/mol. The van der Waals surface area contributed by atoms with Crippen molar-refractivity contribution in [3.05, 3.63) is 80.4 Å². The third-order valence-corrected chi connectivity index (χ3v) is 2.97. The van der Waals surface area contributed by atoms with Crippen LogP contribution in [0.2, 0.25) is 0 Å². The lowest BCUT2D eigenvalue weighted by Gasteiger charge is -1.97. The van der Waals surface area contributed by atoms with Crippen molar-refractivity contribution >= 4 is 28.0 Å². The van der Waals surface area contributed by atoms with Crippen LogP contribution in [0.4, 0.5) is 0 Å². The minimum Gasteiger partial charge on any atom is -0.317 e. The summed E-state index contributed by atoms with van der Waals surface area (Å²) in [6.07, 6.45) is 5.14.